The minimum atomic E-state index is -0.370. The summed E-state index contributed by atoms with van der Waals surface area (Å²) in [6.07, 6.45) is 8.17. The number of hydrogen-bond donors (Lipinski definition) is 1. The van der Waals surface area contributed by atoms with Crippen LogP contribution in [0.5, 0.6) is 0 Å². The maximum Gasteiger partial charge on any atom is 0.270 e. The van der Waals surface area contributed by atoms with Crippen LogP contribution < -0.4 is 5.32 Å². The van der Waals surface area contributed by atoms with E-state index in [2.05, 4.69) is 21.2 Å². The van der Waals surface area contributed by atoms with Crippen LogP contribution in [0.25, 0.3) is 0 Å². The summed E-state index contributed by atoms with van der Waals surface area (Å²) < 4.78 is 0.803. The summed E-state index contributed by atoms with van der Waals surface area (Å²) in [5, 5.41) is 14.1. The molecule has 110 valence electrons. The summed E-state index contributed by atoms with van der Waals surface area (Å²) in [5.41, 5.74) is 1.20. The van der Waals surface area contributed by atoms with Gasteiger partial charge in [0, 0.05) is 23.2 Å². The fourth-order valence-electron chi connectivity index (χ4n) is 2.80. The lowest BCUT2D eigenvalue weighted by molar-refractivity contribution is -0.384. The number of nitro groups is 1. The Hall–Kier alpha value is -0.940. The molecule has 20 heavy (non-hydrogen) atoms. The molecule has 0 aromatic heterocycles. The Morgan fingerprint density at radius 1 is 1.30 bits per heavy atom. The molecule has 0 unspecified atom stereocenters. The van der Waals surface area contributed by atoms with Gasteiger partial charge in [-0.1, -0.05) is 48.0 Å². The predicted molar refractivity (Wildman–Crippen MR) is 83.7 cm³/mol. The van der Waals surface area contributed by atoms with Crippen molar-refractivity contribution in [3.8, 4) is 0 Å². The van der Waals surface area contributed by atoms with Crippen LogP contribution in [-0.2, 0) is 6.54 Å². The van der Waals surface area contributed by atoms with E-state index >= 15 is 0 Å². The molecule has 2 rings (SSSR count). The number of nitrogens with zero attached hydrogens (tertiary/aromatic N) is 1. The molecule has 0 saturated heterocycles. The molecule has 0 radical (unpaired) electrons. The first-order valence-corrected chi connectivity index (χ1v) is 8.09. The Morgan fingerprint density at radius 3 is 2.70 bits per heavy atom. The third kappa shape index (κ3) is 4.56. The number of rotatable bonds is 6. The maximum atomic E-state index is 10.7. The SMILES string of the molecule is O=[N+]([O-])c1ccc(CNCCC2CCCCC2)c(Br)c1. The van der Waals surface area contributed by atoms with Crippen LogP contribution in [0.2, 0.25) is 0 Å². The summed E-state index contributed by atoms with van der Waals surface area (Å²) in [7, 11) is 0. The molecule has 5 heteroatoms. The molecule has 1 aliphatic rings. The van der Waals surface area contributed by atoms with Crippen molar-refractivity contribution in [2.24, 2.45) is 5.92 Å². The highest BCUT2D eigenvalue weighted by Crippen LogP contribution is 2.26. The van der Waals surface area contributed by atoms with Gasteiger partial charge in [0.1, 0.15) is 0 Å². The standard InChI is InChI=1S/C15H21BrN2O2/c16-15-10-14(18(19)20)7-6-13(15)11-17-9-8-12-4-2-1-3-5-12/h6-7,10,12,17H,1-5,8-9,11H2. The lowest BCUT2D eigenvalue weighted by Gasteiger charge is -2.21. The van der Waals surface area contributed by atoms with Crippen LogP contribution in [0, 0.1) is 16.0 Å². The van der Waals surface area contributed by atoms with Crippen LogP contribution in [0.3, 0.4) is 0 Å². The van der Waals surface area contributed by atoms with Gasteiger partial charge in [-0.2, -0.15) is 0 Å². The molecule has 0 bridgehead atoms. The van der Waals surface area contributed by atoms with E-state index < -0.39 is 0 Å². The van der Waals surface area contributed by atoms with Gasteiger partial charge in [0.15, 0.2) is 0 Å². The van der Waals surface area contributed by atoms with Crippen molar-refractivity contribution in [3.63, 3.8) is 0 Å². The van der Waals surface area contributed by atoms with Gasteiger partial charge >= 0.3 is 0 Å². The van der Waals surface area contributed by atoms with Gasteiger partial charge in [0.2, 0.25) is 0 Å². The second-order valence-corrected chi connectivity index (χ2v) is 6.36. The van der Waals surface area contributed by atoms with Crippen LogP contribution in [-0.4, -0.2) is 11.5 Å². The maximum absolute atomic E-state index is 10.7. The molecule has 0 heterocycles. The van der Waals surface area contributed by atoms with Crippen molar-refractivity contribution in [2.75, 3.05) is 6.54 Å². The predicted octanol–water partition coefficient (Wildman–Crippen LogP) is 4.42. The van der Waals surface area contributed by atoms with E-state index in [0.717, 1.165) is 29.0 Å². The van der Waals surface area contributed by atoms with Gasteiger partial charge in [-0.25, -0.2) is 0 Å². The van der Waals surface area contributed by atoms with Crippen molar-refractivity contribution < 1.29 is 4.92 Å². The van der Waals surface area contributed by atoms with Crippen LogP contribution in [0.1, 0.15) is 44.1 Å². The Balaban J connectivity index is 1.74. The van der Waals surface area contributed by atoms with E-state index in [-0.39, 0.29) is 10.6 Å². The average molecular weight is 341 g/mol. The molecule has 0 spiro atoms. The van der Waals surface area contributed by atoms with Gasteiger partial charge in [-0.15, -0.1) is 0 Å². The highest BCUT2D eigenvalue weighted by atomic mass is 79.9. The summed E-state index contributed by atoms with van der Waals surface area (Å²) in [5.74, 6) is 0.886. The number of nitro benzene ring substituents is 1. The first kappa shape index (κ1) is 15.4. The third-order valence-corrected chi connectivity index (χ3v) is 4.76. The monoisotopic (exact) mass is 340 g/mol. The summed E-state index contributed by atoms with van der Waals surface area (Å²) in [6.45, 7) is 1.78. The van der Waals surface area contributed by atoms with E-state index in [9.17, 15) is 10.1 Å². The van der Waals surface area contributed by atoms with Crippen molar-refractivity contribution in [1.82, 2.24) is 5.32 Å². The van der Waals surface area contributed by atoms with Crippen LogP contribution in [0.4, 0.5) is 5.69 Å². The van der Waals surface area contributed by atoms with Crippen LogP contribution in [0.15, 0.2) is 22.7 Å². The highest BCUT2D eigenvalue weighted by Gasteiger charge is 2.13. The number of non-ortho nitro benzene ring substituents is 1. The second kappa shape index (κ2) is 7.74. The topological polar surface area (TPSA) is 55.2 Å². The summed E-state index contributed by atoms with van der Waals surface area (Å²) >= 11 is 3.40. The third-order valence-electron chi connectivity index (χ3n) is 4.02. The van der Waals surface area contributed by atoms with Crippen LogP contribution >= 0.6 is 15.9 Å². The molecule has 1 fully saturated rings. The summed E-state index contributed by atoms with van der Waals surface area (Å²) in [6, 6.07) is 4.94. The Kier molecular flexibility index (Phi) is 5.98. The lowest BCUT2D eigenvalue weighted by Crippen LogP contribution is -2.19. The molecule has 1 saturated carbocycles. The van der Waals surface area contributed by atoms with E-state index in [1.165, 1.54) is 38.5 Å². The molecule has 1 aromatic rings. The minimum Gasteiger partial charge on any atom is -0.313 e. The van der Waals surface area contributed by atoms with Gasteiger partial charge in [0.25, 0.3) is 5.69 Å². The quantitative estimate of drug-likeness (QED) is 0.473. The fraction of sp³-hybridized carbons (Fsp3) is 0.600. The number of nitrogens with one attached hydrogen (secondary N) is 1. The van der Waals surface area contributed by atoms with E-state index in [4.69, 9.17) is 0 Å². The largest absolute Gasteiger partial charge is 0.313 e. The molecular weight excluding hydrogens is 320 g/mol. The highest BCUT2D eigenvalue weighted by molar-refractivity contribution is 9.10. The molecule has 1 N–H and O–H groups in total. The number of hydrogen-bond acceptors (Lipinski definition) is 3. The molecule has 0 amide bonds. The Labute approximate surface area is 128 Å². The molecule has 1 aromatic carbocycles. The van der Waals surface area contributed by atoms with Crippen molar-refractivity contribution in [2.45, 2.75) is 45.1 Å². The first-order valence-electron chi connectivity index (χ1n) is 7.30. The zero-order chi connectivity index (χ0) is 14.4. The van der Waals surface area contributed by atoms with Gasteiger partial charge < -0.3 is 5.32 Å². The lowest BCUT2D eigenvalue weighted by atomic mass is 9.87. The van der Waals surface area contributed by atoms with E-state index in [1.54, 1.807) is 12.1 Å². The molecule has 0 atom stereocenters. The molecule has 0 aliphatic heterocycles. The molecular formula is C15H21BrN2O2. The number of benzene rings is 1. The smallest absolute Gasteiger partial charge is 0.270 e. The normalized spacial score (nSPS) is 16.2. The van der Waals surface area contributed by atoms with Gasteiger partial charge in [0.05, 0.1) is 4.92 Å². The fourth-order valence-corrected chi connectivity index (χ4v) is 3.31. The first-order chi connectivity index (χ1) is 9.66. The second-order valence-electron chi connectivity index (χ2n) is 5.50. The van der Waals surface area contributed by atoms with Crippen molar-refractivity contribution >= 4 is 21.6 Å². The zero-order valence-corrected chi connectivity index (χ0v) is 13.2. The number of halogens is 1. The average Bonchev–Trinajstić information content (AvgIpc) is 2.46. The van der Waals surface area contributed by atoms with Gasteiger partial charge in [-0.05, 0) is 30.5 Å². The molecule has 1 aliphatic carbocycles. The molecule has 4 nitrogen and oxygen atoms in total. The van der Waals surface area contributed by atoms with E-state index in [1.807, 2.05) is 6.07 Å². The Bertz CT molecular complexity index is 459. The van der Waals surface area contributed by atoms with Gasteiger partial charge in [-0.3, -0.25) is 10.1 Å². The van der Waals surface area contributed by atoms with Crippen molar-refractivity contribution in [1.29, 1.82) is 0 Å². The zero-order valence-electron chi connectivity index (χ0n) is 11.6. The van der Waals surface area contributed by atoms with Crippen molar-refractivity contribution in [3.05, 3.63) is 38.3 Å². The Morgan fingerprint density at radius 2 is 2.05 bits per heavy atom. The van der Waals surface area contributed by atoms with E-state index in [0.29, 0.717) is 0 Å². The summed E-state index contributed by atoms with van der Waals surface area (Å²) in [4.78, 5) is 10.3. The minimum absolute atomic E-state index is 0.128.